The van der Waals surface area contributed by atoms with E-state index in [-0.39, 0.29) is 20.9 Å². The minimum atomic E-state index is -3.89. The molecule has 0 saturated heterocycles. The third-order valence-electron chi connectivity index (χ3n) is 3.23. The monoisotopic (exact) mass is 397 g/mol. The van der Waals surface area contributed by atoms with Crippen LogP contribution in [0.15, 0.2) is 61.2 Å². The maximum absolute atomic E-state index is 13.1. The molecule has 0 amide bonds. The lowest BCUT2D eigenvalue weighted by Gasteiger charge is -2.05. The highest BCUT2D eigenvalue weighted by Crippen LogP contribution is 2.36. The lowest BCUT2D eigenvalue weighted by Crippen LogP contribution is -2.04. The molecule has 0 radical (unpaired) electrons. The van der Waals surface area contributed by atoms with E-state index in [4.69, 9.17) is 4.42 Å². The van der Waals surface area contributed by atoms with Gasteiger partial charge in [0.15, 0.2) is 0 Å². The van der Waals surface area contributed by atoms with Crippen molar-refractivity contribution in [1.82, 2.24) is 4.98 Å². The molecule has 2 aromatic heterocycles. The van der Waals surface area contributed by atoms with Crippen LogP contribution in [0.1, 0.15) is 13.8 Å². The molecule has 0 N–H and O–H groups in total. The average Bonchev–Trinajstić information content (AvgIpc) is 3.23. The highest BCUT2D eigenvalue weighted by Gasteiger charge is 2.29. The van der Waals surface area contributed by atoms with Crippen LogP contribution in [0.4, 0.5) is 4.39 Å². The summed E-state index contributed by atoms with van der Waals surface area (Å²) in [4.78, 5) is 4.99. The van der Waals surface area contributed by atoms with E-state index in [1.165, 1.54) is 35.2 Å². The molecule has 0 aliphatic rings. The SMILES string of the molecule is CC(C)CSc1oc(-c2cccs2)nc1S(=O)(=O)c1ccc(F)cc1. The molecular weight excluding hydrogens is 381 g/mol. The molecule has 0 saturated carbocycles. The van der Waals surface area contributed by atoms with E-state index in [0.717, 1.165) is 17.0 Å². The molecule has 0 aliphatic heterocycles. The van der Waals surface area contributed by atoms with Crippen LogP contribution in [-0.4, -0.2) is 19.2 Å². The summed E-state index contributed by atoms with van der Waals surface area (Å²) in [5.41, 5.74) is 0. The lowest BCUT2D eigenvalue weighted by atomic mass is 10.3. The summed E-state index contributed by atoms with van der Waals surface area (Å²) in [5, 5.41) is 2.02. The van der Waals surface area contributed by atoms with Crippen LogP contribution in [0.5, 0.6) is 0 Å². The van der Waals surface area contributed by atoms with Crippen LogP contribution < -0.4 is 0 Å². The first-order chi connectivity index (χ1) is 11.9. The summed E-state index contributed by atoms with van der Waals surface area (Å²) < 4.78 is 44.8. The zero-order chi connectivity index (χ0) is 18.0. The number of hydrogen-bond acceptors (Lipinski definition) is 6. The summed E-state index contributed by atoms with van der Waals surface area (Å²) in [5.74, 6) is 0.849. The molecule has 3 aromatic rings. The normalized spacial score (nSPS) is 12.0. The molecule has 0 aliphatic carbocycles. The fourth-order valence-corrected chi connectivity index (χ4v) is 5.15. The van der Waals surface area contributed by atoms with Crippen molar-refractivity contribution in [2.45, 2.75) is 28.9 Å². The van der Waals surface area contributed by atoms with E-state index in [2.05, 4.69) is 4.98 Å². The number of thiophene rings is 1. The van der Waals surface area contributed by atoms with Gasteiger partial charge in [0.25, 0.3) is 0 Å². The van der Waals surface area contributed by atoms with Gasteiger partial charge in [-0.1, -0.05) is 31.7 Å². The Bertz CT molecular complexity index is 946. The summed E-state index contributed by atoms with van der Waals surface area (Å²) in [6.45, 7) is 4.08. The topological polar surface area (TPSA) is 60.2 Å². The van der Waals surface area contributed by atoms with Crippen molar-refractivity contribution in [2.24, 2.45) is 5.92 Å². The molecule has 0 unspecified atom stereocenters. The molecule has 8 heteroatoms. The lowest BCUT2D eigenvalue weighted by molar-refractivity contribution is 0.470. The van der Waals surface area contributed by atoms with Gasteiger partial charge in [-0.05, 0) is 41.6 Å². The highest BCUT2D eigenvalue weighted by molar-refractivity contribution is 8.00. The quantitative estimate of drug-likeness (QED) is 0.427. The summed E-state index contributed by atoms with van der Waals surface area (Å²) >= 11 is 2.74. The second-order valence-corrected chi connectivity index (χ2v) is 9.56. The van der Waals surface area contributed by atoms with Crippen molar-refractivity contribution in [1.29, 1.82) is 0 Å². The van der Waals surface area contributed by atoms with Gasteiger partial charge in [0.1, 0.15) is 5.82 Å². The van der Waals surface area contributed by atoms with Gasteiger partial charge >= 0.3 is 0 Å². The molecule has 2 heterocycles. The van der Waals surface area contributed by atoms with Crippen LogP contribution in [-0.2, 0) is 9.84 Å². The molecule has 3 rings (SSSR count). The highest BCUT2D eigenvalue weighted by atomic mass is 32.2. The van der Waals surface area contributed by atoms with Crippen molar-refractivity contribution in [3.63, 3.8) is 0 Å². The average molecular weight is 398 g/mol. The standard InChI is InChI=1S/C17H16FNO3S3/c1-11(2)10-24-17-16(19-15(22-17)14-4-3-9-23-14)25(20,21)13-7-5-12(18)6-8-13/h3-9,11H,10H2,1-2H3. The number of oxazole rings is 1. The largest absolute Gasteiger partial charge is 0.428 e. The third-order valence-corrected chi connectivity index (χ3v) is 7.26. The number of rotatable bonds is 6. The van der Waals surface area contributed by atoms with E-state index in [0.29, 0.717) is 11.7 Å². The van der Waals surface area contributed by atoms with Crippen molar-refractivity contribution >= 4 is 32.9 Å². The van der Waals surface area contributed by atoms with Gasteiger partial charge in [-0.25, -0.2) is 12.8 Å². The summed E-state index contributed by atoms with van der Waals surface area (Å²) in [7, 11) is -3.89. The molecular formula is C17H16FNO3S3. The van der Waals surface area contributed by atoms with Gasteiger partial charge in [0, 0.05) is 5.75 Å². The fourth-order valence-electron chi connectivity index (χ4n) is 2.03. The fraction of sp³-hybridized carbons (Fsp3) is 0.235. The smallest absolute Gasteiger partial charge is 0.238 e. The van der Waals surface area contributed by atoms with E-state index in [9.17, 15) is 12.8 Å². The molecule has 1 aromatic carbocycles. The second-order valence-electron chi connectivity index (χ2n) is 5.75. The Kier molecular flexibility index (Phi) is 5.31. The van der Waals surface area contributed by atoms with Crippen molar-refractivity contribution in [3.8, 4) is 10.8 Å². The van der Waals surface area contributed by atoms with Gasteiger partial charge in [-0.3, -0.25) is 0 Å². The number of nitrogens with zero attached hydrogens (tertiary/aromatic N) is 1. The molecule has 0 bridgehead atoms. The Labute approximate surface area is 154 Å². The zero-order valence-corrected chi connectivity index (χ0v) is 16.1. The first kappa shape index (κ1) is 18.2. The predicted octanol–water partition coefficient (Wildman–Crippen LogP) is 5.12. The van der Waals surface area contributed by atoms with Crippen molar-refractivity contribution in [3.05, 3.63) is 47.6 Å². The van der Waals surface area contributed by atoms with Crippen LogP contribution >= 0.6 is 23.1 Å². The van der Waals surface area contributed by atoms with Crippen LogP contribution in [0.25, 0.3) is 10.8 Å². The maximum Gasteiger partial charge on any atom is 0.238 e. The Hall–Kier alpha value is -1.64. The number of halogens is 1. The predicted molar refractivity (Wildman–Crippen MR) is 97.2 cm³/mol. The Balaban J connectivity index is 2.07. The first-order valence-corrected chi connectivity index (χ1v) is 10.9. The molecule has 0 atom stereocenters. The number of benzene rings is 1. The van der Waals surface area contributed by atoms with Crippen LogP contribution in [0.3, 0.4) is 0 Å². The molecule has 132 valence electrons. The van der Waals surface area contributed by atoms with E-state index < -0.39 is 15.7 Å². The Morgan fingerprint density at radius 2 is 1.96 bits per heavy atom. The van der Waals surface area contributed by atoms with E-state index in [1.54, 1.807) is 0 Å². The number of aromatic nitrogens is 1. The Morgan fingerprint density at radius 1 is 1.24 bits per heavy atom. The number of hydrogen-bond donors (Lipinski definition) is 0. The molecule has 0 spiro atoms. The minimum absolute atomic E-state index is 0.00803. The van der Waals surface area contributed by atoms with Crippen molar-refractivity contribution in [2.75, 3.05) is 5.75 Å². The van der Waals surface area contributed by atoms with Gasteiger partial charge < -0.3 is 4.42 Å². The molecule has 4 nitrogen and oxygen atoms in total. The maximum atomic E-state index is 13.1. The van der Waals surface area contributed by atoms with Gasteiger partial charge in [0.2, 0.25) is 25.8 Å². The van der Waals surface area contributed by atoms with Gasteiger partial charge in [-0.15, -0.1) is 11.3 Å². The van der Waals surface area contributed by atoms with Crippen LogP contribution in [0, 0.1) is 11.7 Å². The number of sulfone groups is 1. The Morgan fingerprint density at radius 3 is 2.56 bits per heavy atom. The summed E-state index contributed by atoms with van der Waals surface area (Å²) in [6.07, 6.45) is 0. The zero-order valence-electron chi connectivity index (χ0n) is 13.6. The van der Waals surface area contributed by atoms with Crippen molar-refractivity contribution < 1.29 is 17.2 Å². The van der Waals surface area contributed by atoms with Gasteiger partial charge in [-0.2, -0.15) is 4.98 Å². The first-order valence-electron chi connectivity index (χ1n) is 7.56. The second kappa shape index (κ2) is 7.31. The van der Waals surface area contributed by atoms with Crippen LogP contribution in [0.2, 0.25) is 0 Å². The molecule has 0 fully saturated rings. The third kappa shape index (κ3) is 3.96. The summed E-state index contributed by atoms with van der Waals surface area (Å²) in [6, 6.07) is 8.38. The number of thioether (sulfide) groups is 1. The van der Waals surface area contributed by atoms with Gasteiger partial charge in [0.05, 0.1) is 9.77 Å². The minimum Gasteiger partial charge on any atom is -0.428 e. The van der Waals surface area contributed by atoms with E-state index in [1.807, 2.05) is 31.4 Å². The van der Waals surface area contributed by atoms with E-state index >= 15 is 0 Å². The molecule has 25 heavy (non-hydrogen) atoms.